The zero-order valence-electron chi connectivity index (χ0n) is 15.0. The Bertz CT molecular complexity index is 674. The molecule has 0 unspecified atom stereocenters. The Morgan fingerprint density at radius 3 is 2.40 bits per heavy atom. The van der Waals surface area contributed by atoms with Crippen LogP contribution in [0.2, 0.25) is 0 Å². The minimum Gasteiger partial charge on any atom is -0.340 e. The molecule has 7 nitrogen and oxygen atoms in total. The largest absolute Gasteiger partial charge is 0.340 e. The number of rotatable bonds is 6. The molecule has 1 aromatic carbocycles. The molecule has 0 spiro atoms. The molecule has 1 aliphatic heterocycles. The van der Waals surface area contributed by atoms with E-state index in [4.69, 9.17) is 0 Å². The number of piperazine rings is 1. The molecule has 0 N–H and O–H groups in total. The van der Waals surface area contributed by atoms with Gasteiger partial charge in [-0.1, -0.05) is 32.0 Å². The summed E-state index contributed by atoms with van der Waals surface area (Å²) in [7, 11) is 0. The van der Waals surface area contributed by atoms with Gasteiger partial charge in [-0.2, -0.15) is 4.68 Å². The van der Waals surface area contributed by atoms with E-state index >= 15 is 0 Å². The molecule has 0 saturated carbocycles. The van der Waals surface area contributed by atoms with Crippen LogP contribution in [0.1, 0.15) is 32.5 Å². The van der Waals surface area contributed by atoms with Crippen LogP contribution >= 0.6 is 0 Å². The number of carbonyl (C=O) groups excluding carboxylic acids is 1. The third-order valence-electron chi connectivity index (χ3n) is 4.92. The monoisotopic (exact) mass is 342 g/mol. The van der Waals surface area contributed by atoms with Crippen LogP contribution in [0.15, 0.2) is 30.3 Å². The number of carbonyl (C=O) groups is 1. The highest BCUT2D eigenvalue weighted by Crippen LogP contribution is 2.15. The number of hydrogen-bond acceptors (Lipinski definition) is 5. The Morgan fingerprint density at radius 2 is 1.76 bits per heavy atom. The van der Waals surface area contributed by atoms with Crippen LogP contribution in [-0.4, -0.2) is 62.1 Å². The molecule has 0 aliphatic carbocycles. The highest BCUT2D eigenvalue weighted by Gasteiger charge is 2.26. The number of aromatic nitrogens is 4. The van der Waals surface area contributed by atoms with Crippen molar-refractivity contribution in [3.05, 3.63) is 36.2 Å². The summed E-state index contributed by atoms with van der Waals surface area (Å²) in [6.07, 6.45) is 1.84. The lowest BCUT2D eigenvalue weighted by molar-refractivity contribution is -0.137. The summed E-state index contributed by atoms with van der Waals surface area (Å²) in [5.74, 6) is 1.29. The molecule has 0 atom stereocenters. The van der Waals surface area contributed by atoms with Gasteiger partial charge in [0.15, 0.2) is 5.82 Å². The summed E-state index contributed by atoms with van der Waals surface area (Å²) in [4.78, 5) is 16.8. The second-order valence-electron chi connectivity index (χ2n) is 6.46. The van der Waals surface area contributed by atoms with Crippen molar-refractivity contribution in [3.8, 4) is 5.69 Å². The van der Waals surface area contributed by atoms with Gasteiger partial charge in [0, 0.05) is 32.1 Å². The van der Waals surface area contributed by atoms with Gasteiger partial charge in [-0.15, -0.1) is 5.10 Å². The number of amides is 1. The van der Waals surface area contributed by atoms with Gasteiger partial charge in [-0.25, -0.2) is 0 Å². The van der Waals surface area contributed by atoms with Gasteiger partial charge in [-0.3, -0.25) is 9.69 Å². The van der Waals surface area contributed by atoms with E-state index in [0.717, 1.165) is 50.5 Å². The average molecular weight is 342 g/mol. The van der Waals surface area contributed by atoms with Gasteiger partial charge in [0.1, 0.15) is 0 Å². The highest BCUT2D eigenvalue weighted by molar-refractivity contribution is 5.78. The SMILES string of the molecule is CCC(CC)C(=O)N1CCN(Cc2nnnn2-c2ccccc2)CC1. The van der Waals surface area contributed by atoms with E-state index in [9.17, 15) is 4.79 Å². The van der Waals surface area contributed by atoms with Crippen molar-refractivity contribution in [1.29, 1.82) is 0 Å². The first kappa shape index (κ1) is 17.5. The molecule has 1 fully saturated rings. The van der Waals surface area contributed by atoms with E-state index < -0.39 is 0 Å². The fourth-order valence-corrected chi connectivity index (χ4v) is 3.30. The van der Waals surface area contributed by atoms with Crippen molar-refractivity contribution >= 4 is 5.91 Å². The first-order valence-electron chi connectivity index (χ1n) is 9.06. The Labute approximate surface area is 148 Å². The molecule has 0 bridgehead atoms. The molecule has 134 valence electrons. The molecule has 1 aliphatic rings. The molecule has 3 rings (SSSR count). The zero-order chi connectivity index (χ0) is 17.6. The van der Waals surface area contributed by atoms with Crippen LogP contribution in [-0.2, 0) is 11.3 Å². The minimum atomic E-state index is 0.164. The number of para-hydroxylation sites is 1. The fourth-order valence-electron chi connectivity index (χ4n) is 3.30. The number of benzene rings is 1. The number of nitrogens with zero attached hydrogens (tertiary/aromatic N) is 6. The Morgan fingerprint density at radius 1 is 1.08 bits per heavy atom. The van der Waals surface area contributed by atoms with Crippen LogP contribution in [0, 0.1) is 5.92 Å². The topological polar surface area (TPSA) is 67.2 Å². The molecular formula is C18H26N6O. The molecule has 1 aromatic heterocycles. The predicted molar refractivity (Wildman–Crippen MR) is 95.1 cm³/mol. The van der Waals surface area contributed by atoms with Crippen molar-refractivity contribution in [2.24, 2.45) is 5.92 Å². The van der Waals surface area contributed by atoms with Crippen LogP contribution in [0.5, 0.6) is 0 Å². The van der Waals surface area contributed by atoms with Crippen molar-refractivity contribution in [1.82, 2.24) is 30.0 Å². The fraction of sp³-hybridized carbons (Fsp3) is 0.556. The summed E-state index contributed by atoms with van der Waals surface area (Å²) >= 11 is 0. The van der Waals surface area contributed by atoms with Crippen LogP contribution in [0.4, 0.5) is 0 Å². The third-order valence-corrected chi connectivity index (χ3v) is 4.92. The Hall–Kier alpha value is -2.28. The average Bonchev–Trinajstić information content (AvgIpc) is 3.12. The quantitative estimate of drug-likeness (QED) is 0.800. The molecule has 1 amide bonds. The van der Waals surface area contributed by atoms with E-state index in [1.165, 1.54) is 0 Å². The van der Waals surface area contributed by atoms with E-state index in [2.05, 4.69) is 34.3 Å². The zero-order valence-corrected chi connectivity index (χ0v) is 15.0. The summed E-state index contributed by atoms with van der Waals surface area (Å²) in [5, 5.41) is 12.1. The van der Waals surface area contributed by atoms with Crippen LogP contribution < -0.4 is 0 Å². The molecule has 2 aromatic rings. The molecule has 1 saturated heterocycles. The Balaban J connectivity index is 1.59. The van der Waals surface area contributed by atoms with Crippen molar-refractivity contribution in [2.45, 2.75) is 33.2 Å². The molecule has 25 heavy (non-hydrogen) atoms. The Kier molecular flexibility index (Phi) is 5.75. The lowest BCUT2D eigenvalue weighted by atomic mass is 10.0. The van der Waals surface area contributed by atoms with Crippen molar-refractivity contribution in [2.75, 3.05) is 26.2 Å². The second-order valence-corrected chi connectivity index (χ2v) is 6.46. The van der Waals surface area contributed by atoms with E-state index in [-0.39, 0.29) is 5.92 Å². The third kappa shape index (κ3) is 4.04. The summed E-state index contributed by atoms with van der Waals surface area (Å²) < 4.78 is 1.78. The number of tetrazole rings is 1. The summed E-state index contributed by atoms with van der Waals surface area (Å²) in [5.41, 5.74) is 0.963. The van der Waals surface area contributed by atoms with Crippen LogP contribution in [0.3, 0.4) is 0 Å². The van der Waals surface area contributed by atoms with Crippen LogP contribution in [0.25, 0.3) is 5.69 Å². The predicted octanol–water partition coefficient (Wildman–Crippen LogP) is 1.74. The normalized spacial score (nSPS) is 15.7. The van der Waals surface area contributed by atoms with Crippen molar-refractivity contribution < 1.29 is 4.79 Å². The number of hydrogen-bond donors (Lipinski definition) is 0. The lowest BCUT2D eigenvalue weighted by Crippen LogP contribution is -2.50. The second kappa shape index (κ2) is 8.20. The molecular weight excluding hydrogens is 316 g/mol. The van der Waals surface area contributed by atoms with Crippen molar-refractivity contribution in [3.63, 3.8) is 0 Å². The van der Waals surface area contributed by atoms with Gasteiger partial charge in [0.05, 0.1) is 12.2 Å². The maximum atomic E-state index is 12.5. The van der Waals surface area contributed by atoms with Gasteiger partial charge in [0.25, 0.3) is 0 Å². The minimum absolute atomic E-state index is 0.164. The standard InChI is InChI=1S/C18H26N6O/c1-3-15(4-2)18(25)23-12-10-22(11-13-23)14-17-19-20-21-24(17)16-8-6-5-7-9-16/h5-9,15H,3-4,10-14H2,1-2H3. The van der Waals surface area contributed by atoms with E-state index in [1.807, 2.05) is 35.2 Å². The first-order chi connectivity index (χ1) is 12.2. The maximum absolute atomic E-state index is 12.5. The van der Waals surface area contributed by atoms with Gasteiger partial charge in [-0.05, 0) is 35.4 Å². The summed E-state index contributed by atoms with van der Waals surface area (Å²) in [6.45, 7) is 8.14. The van der Waals surface area contributed by atoms with E-state index in [1.54, 1.807) is 4.68 Å². The molecule has 0 radical (unpaired) electrons. The smallest absolute Gasteiger partial charge is 0.225 e. The lowest BCUT2D eigenvalue weighted by Gasteiger charge is -2.36. The molecule has 7 heteroatoms. The summed E-state index contributed by atoms with van der Waals surface area (Å²) in [6, 6.07) is 9.91. The maximum Gasteiger partial charge on any atom is 0.225 e. The van der Waals surface area contributed by atoms with E-state index in [0.29, 0.717) is 12.5 Å². The first-order valence-corrected chi connectivity index (χ1v) is 9.06. The molecule has 2 heterocycles. The van der Waals surface area contributed by atoms with Gasteiger partial charge >= 0.3 is 0 Å². The van der Waals surface area contributed by atoms with Gasteiger partial charge in [0.2, 0.25) is 5.91 Å². The van der Waals surface area contributed by atoms with Gasteiger partial charge < -0.3 is 4.90 Å². The highest BCUT2D eigenvalue weighted by atomic mass is 16.2.